The van der Waals surface area contributed by atoms with Crippen LogP contribution in [-0.2, 0) is 26.5 Å². The first-order valence-corrected chi connectivity index (χ1v) is 10.8. The Balaban J connectivity index is 2.07. The third-order valence-corrected chi connectivity index (χ3v) is 5.48. The lowest BCUT2D eigenvalue weighted by molar-refractivity contribution is 0.145. The molecule has 0 aliphatic heterocycles. The summed E-state index contributed by atoms with van der Waals surface area (Å²) in [7, 11) is -6.46. The number of hydrogen-bond acceptors (Lipinski definition) is 5. The van der Waals surface area contributed by atoms with E-state index in [1.807, 2.05) is 0 Å². The molecule has 2 aromatic carbocycles. The second-order valence-electron chi connectivity index (χ2n) is 5.89. The van der Waals surface area contributed by atoms with Crippen LogP contribution in [0.25, 0.3) is 16.9 Å². The van der Waals surface area contributed by atoms with Gasteiger partial charge in [-0.25, -0.2) is 35.4 Å². The molecule has 0 bridgehead atoms. The molecule has 0 atom stereocenters. The van der Waals surface area contributed by atoms with Crippen LogP contribution in [0.3, 0.4) is 0 Å². The molecule has 0 amide bonds. The van der Waals surface area contributed by atoms with Gasteiger partial charge in [-0.2, -0.15) is 5.10 Å². The number of hydrogen-bond donors (Lipinski definition) is 2. The molecule has 0 saturated carbocycles. The van der Waals surface area contributed by atoms with E-state index in [1.54, 1.807) is 24.3 Å². The quantitative estimate of drug-likeness (QED) is 0.586. The maximum Gasteiger partial charge on any atom is 0.282 e. The van der Waals surface area contributed by atoms with Crippen molar-refractivity contribution < 1.29 is 25.6 Å². The Hall–Kier alpha value is -2.63. The highest BCUT2D eigenvalue weighted by molar-refractivity contribution is 7.89. The first-order valence-electron chi connectivity index (χ1n) is 7.87. The van der Waals surface area contributed by atoms with Gasteiger partial charge in [-0.1, -0.05) is 24.3 Å². The molecule has 1 heterocycles. The average Bonchev–Trinajstić information content (AvgIpc) is 3.07. The lowest BCUT2D eigenvalue weighted by Gasteiger charge is -2.09. The van der Waals surface area contributed by atoms with Gasteiger partial charge in [0.05, 0.1) is 22.0 Å². The Kier molecular flexibility index (Phi) is 5.59. The number of alkyl halides is 2. The minimum atomic E-state index is -3.89. The molecule has 1 aromatic heterocycles. The van der Waals surface area contributed by atoms with Crippen LogP contribution in [0.1, 0.15) is 17.7 Å². The predicted molar refractivity (Wildman–Crippen MR) is 99.3 cm³/mol. The van der Waals surface area contributed by atoms with Crippen molar-refractivity contribution in [1.29, 1.82) is 0 Å². The van der Waals surface area contributed by atoms with Crippen molar-refractivity contribution in [3.63, 3.8) is 0 Å². The maximum absolute atomic E-state index is 13.2. The van der Waals surface area contributed by atoms with E-state index in [-0.39, 0.29) is 10.6 Å². The molecule has 3 aromatic rings. The van der Waals surface area contributed by atoms with Crippen molar-refractivity contribution in [2.24, 2.45) is 5.14 Å². The molecule has 11 heteroatoms. The summed E-state index contributed by atoms with van der Waals surface area (Å²) in [6, 6.07) is 12.9. The van der Waals surface area contributed by atoms with Crippen LogP contribution in [0.15, 0.2) is 59.5 Å². The summed E-state index contributed by atoms with van der Waals surface area (Å²) in [6.45, 7) is 0. The molecule has 0 radical (unpaired) electrons. The highest BCUT2D eigenvalue weighted by Gasteiger charge is 2.18. The van der Waals surface area contributed by atoms with Gasteiger partial charge in [0.15, 0.2) is 0 Å². The second-order valence-corrected chi connectivity index (χ2v) is 8.44. The van der Waals surface area contributed by atoms with Gasteiger partial charge in [0, 0.05) is 5.56 Å². The molecule has 28 heavy (non-hydrogen) atoms. The predicted octanol–water partition coefficient (Wildman–Crippen LogP) is 2.24. The summed E-state index contributed by atoms with van der Waals surface area (Å²) in [6.07, 6.45) is -2.80. The van der Waals surface area contributed by atoms with Gasteiger partial charge in [-0.15, -0.1) is 0 Å². The van der Waals surface area contributed by atoms with E-state index in [9.17, 15) is 25.6 Å². The third-order valence-electron chi connectivity index (χ3n) is 3.92. The monoisotopic (exact) mass is 427 g/mol. The Morgan fingerprint density at radius 2 is 1.64 bits per heavy atom. The van der Waals surface area contributed by atoms with Crippen molar-refractivity contribution in [3.8, 4) is 16.9 Å². The molecule has 2 N–H and O–H groups in total. The molecular weight excluding hydrogens is 412 g/mol. The zero-order valence-corrected chi connectivity index (χ0v) is 15.9. The molecule has 0 aliphatic rings. The van der Waals surface area contributed by atoms with E-state index in [0.717, 1.165) is 0 Å². The van der Waals surface area contributed by atoms with Gasteiger partial charge >= 0.3 is 0 Å². The first kappa shape index (κ1) is 20.1. The fraction of sp³-hybridized carbons (Fsp3) is 0.118. The molecule has 7 nitrogen and oxygen atoms in total. The van der Waals surface area contributed by atoms with Crippen LogP contribution in [0.5, 0.6) is 0 Å². The van der Waals surface area contributed by atoms with Crippen LogP contribution < -0.4 is 5.14 Å². The second kappa shape index (κ2) is 7.78. The molecule has 0 aliphatic carbocycles. The highest BCUT2D eigenvalue weighted by Crippen LogP contribution is 2.29. The van der Waals surface area contributed by atoms with Crippen LogP contribution in [0.2, 0.25) is 0 Å². The van der Waals surface area contributed by atoms with Gasteiger partial charge in [-0.3, -0.25) is 0 Å². The van der Waals surface area contributed by atoms with Gasteiger partial charge in [-0.05, 0) is 35.9 Å². The maximum atomic E-state index is 13.2. The number of halogens is 2. The topological polar surface area (TPSA) is 112 Å². The lowest BCUT2D eigenvalue weighted by atomic mass is 10.1. The molecule has 0 saturated heterocycles. The van der Waals surface area contributed by atoms with Crippen molar-refractivity contribution in [1.82, 2.24) is 9.78 Å². The smallest absolute Gasteiger partial charge is 0.233 e. The van der Waals surface area contributed by atoms with Crippen molar-refractivity contribution in [3.05, 3.63) is 65.9 Å². The van der Waals surface area contributed by atoms with E-state index in [0.29, 0.717) is 22.5 Å². The SMILES string of the molecule is NS(=O)(=O)c1ccc(-n2nc(C(F)F)cc2-c2ccc(C[SH](=O)=O)cc2)cc1. The molecule has 148 valence electrons. The van der Waals surface area contributed by atoms with E-state index in [2.05, 4.69) is 5.10 Å². The van der Waals surface area contributed by atoms with Crippen molar-refractivity contribution in [2.75, 3.05) is 0 Å². The Bertz CT molecular complexity index is 1160. The summed E-state index contributed by atoms with van der Waals surface area (Å²) < 4.78 is 72.0. The summed E-state index contributed by atoms with van der Waals surface area (Å²) in [4.78, 5) is -0.116. The zero-order chi connectivity index (χ0) is 20.5. The molecule has 0 unspecified atom stereocenters. The molecular formula is C17H15F2N3O4S2. The average molecular weight is 427 g/mol. The normalized spacial score (nSPS) is 12.0. The number of nitrogens with zero attached hydrogens (tertiary/aromatic N) is 2. The Morgan fingerprint density at radius 1 is 1.04 bits per heavy atom. The number of aromatic nitrogens is 2. The van der Waals surface area contributed by atoms with Crippen molar-refractivity contribution in [2.45, 2.75) is 17.1 Å². The van der Waals surface area contributed by atoms with E-state index >= 15 is 0 Å². The van der Waals surface area contributed by atoms with Crippen molar-refractivity contribution >= 4 is 20.7 Å². The van der Waals surface area contributed by atoms with Gasteiger partial charge in [0.25, 0.3) is 6.43 Å². The van der Waals surface area contributed by atoms with Gasteiger partial charge < -0.3 is 0 Å². The summed E-state index contributed by atoms with van der Waals surface area (Å²) in [5.41, 5.74) is 1.37. The molecule has 0 spiro atoms. The van der Waals surface area contributed by atoms with Crippen LogP contribution >= 0.6 is 0 Å². The Morgan fingerprint density at radius 3 is 2.14 bits per heavy atom. The summed E-state index contributed by atoms with van der Waals surface area (Å²) >= 11 is 0. The fourth-order valence-corrected chi connectivity index (χ4v) is 3.64. The first-order chi connectivity index (χ1) is 13.1. The lowest BCUT2D eigenvalue weighted by Crippen LogP contribution is -2.12. The van der Waals surface area contributed by atoms with Gasteiger partial charge in [0.2, 0.25) is 10.0 Å². The number of rotatable bonds is 6. The largest absolute Gasteiger partial charge is 0.282 e. The molecule has 3 rings (SSSR count). The number of benzene rings is 2. The minimum absolute atomic E-state index is 0.116. The van der Waals surface area contributed by atoms with Crippen LogP contribution in [0.4, 0.5) is 8.78 Å². The van der Waals surface area contributed by atoms with Crippen LogP contribution in [0, 0.1) is 0 Å². The Labute approximate surface area is 161 Å². The highest BCUT2D eigenvalue weighted by atomic mass is 32.2. The summed E-state index contributed by atoms with van der Waals surface area (Å²) in [5, 5.41) is 8.97. The number of thiol groups is 1. The number of sulfonamides is 1. The third kappa shape index (κ3) is 4.43. The number of nitrogens with two attached hydrogens (primary N) is 1. The van der Waals surface area contributed by atoms with E-state index < -0.39 is 32.8 Å². The fourth-order valence-electron chi connectivity index (χ4n) is 2.62. The summed E-state index contributed by atoms with van der Waals surface area (Å²) in [5.74, 6) is -0.119. The van der Waals surface area contributed by atoms with E-state index in [1.165, 1.54) is 35.0 Å². The number of primary sulfonamides is 1. The van der Waals surface area contributed by atoms with Gasteiger partial charge in [0.1, 0.15) is 16.4 Å². The minimum Gasteiger partial charge on any atom is -0.233 e. The van der Waals surface area contributed by atoms with Crippen LogP contribution in [-0.4, -0.2) is 26.6 Å². The van der Waals surface area contributed by atoms with E-state index in [4.69, 9.17) is 5.14 Å². The zero-order valence-electron chi connectivity index (χ0n) is 14.2. The molecule has 0 fully saturated rings. The standard InChI is InChI=1S/C17H15F2N3O4S2/c18-17(19)15-9-16(12-3-1-11(2-4-12)10-27(23)24)22(21-15)13-5-7-14(8-6-13)28(20,25)26/h1-9,17,27H,10H2,(H2,20,25,26).